The summed E-state index contributed by atoms with van der Waals surface area (Å²) in [6.45, 7) is 0. The summed E-state index contributed by atoms with van der Waals surface area (Å²) in [4.78, 5) is 2.27. The number of benzene rings is 1. The molecule has 0 aromatic heterocycles. The molecule has 2 aliphatic carbocycles. The number of halogens is 3. The average molecular weight is 372 g/mol. The van der Waals surface area contributed by atoms with Gasteiger partial charge in [-0.25, -0.2) is 0 Å². The Morgan fingerprint density at radius 1 is 1.08 bits per heavy atom. The minimum absolute atomic E-state index is 0.499. The summed E-state index contributed by atoms with van der Waals surface area (Å²) in [7, 11) is -3.70. The molecule has 0 spiro atoms. The summed E-state index contributed by atoms with van der Waals surface area (Å²) in [5.41, 5.74) is -1.57. The second-order valence-electron chi connectivity index (χ2n) is 5.75. The third kappa shape index (κ3) is 3.16. The van der Waals surface area contributed by atoms with Gasteiger partial charge in [-0.2, -0.15) is 21.6 Å². The van der Waals surface area contributed by atoms with E-state index in [0.29, 0.717) is 11.8 Å². The molecule has 3 aliphatic rings. The fraction of sp³-hybridized carbons (Fsp3) is 0.250. The molecular formula is C16H15F3N2O3S. The number of allylic oxidation sites excluding steroid dienone is 5. The molecule has 0 fully saturated rings. The van der Waals surface area contributed by atoms with Crippen molar-refractivity contribution < 1.29 is 26.1 Å². The molecule has 2 N–H and O–H groups in total. The third-order valence-electron chi connectivity index (χ3n) is 4.19. The number of rotatable bonds is 0. The van der Waals surface area contributed by atoms with Gasteiger partial charge in [0.25, 0.3) is 0 Å². The van der Waals surface area contributed by atoms with Crippen molar-refractivity contribution in [3.05, 3.63) is 60.0 Å². The smallest absolute Gasteiger partial charge is 0.340 e. The molecule has 0 saturated heterocycles. The van der Waals surface area contributed by atoms with Gasteiger partial charge in [0.15, 0.2) is 0 Å². The summed E-state index contributed by atoms with van der Waals surface area (Å²) in [5, 5.41) is 3.55. The van der Waals surface area contributed by atoms with Crippen LogP contribution in [-0.2, 0) is 10.1 Å². The molecule has 5 nitrogen and oxygen atoms in total. The number of alkyl halides is 3. The predicted molar refractivity (Wildman–Crippen MR) is 88.4 cm³/mol. The second-order valence-corrected chi connectivity index (χ2v) is 7.16. The third-order valence-corrected chi connectivity index (χ3v) is 4.77. The molecule has 0 atom stereocenters. The fourth-order valence-electron chi connectivity index (χ4n) is 3.03. The molecule has 1 heterocycles. The maximum Gasteiger partial charge on any atom is 0.522 e. The molecular weight excluding hydrogens is 357 g/mol. The van der Waals surface area contributed by atoms with E-state index in [9.17, 15) is 13.2 Å². The Labute approximate surface area is 142 Å². The van der Waals surface area contributed by atoms with Gasteiger partial charge in [-0.05, 0) is 17.7 Å². The van der Waals surface area contributed by atoms with Crippen molar-refractivity contribution in [3.63, 3.8) is 0 Å². The molecule has 0 amide bonds. The van der Waals surface area contributed by atoms with Gasteiger partial charge in [-0.3, -0.25) is 4.55 Å². The van der Waals surface area contributed by atoms with E-state index in [1.54, 1.807) is 0 Å². The van der Waals surface area contributed by atoms with E-state index in [4.69, 9.17) is 13.0 Å². The Bertz CT molecular complexity index is 856. The summed E-state index contributed by atoms with van der Waals surface area (Å²) in [6, 6.07) is 8.46. The molecule has 0 unspecified atom stereocenters. The number of anilines is 2. The van der Waals surface area contributed by atoms with Crippen LogP contribution >= 0.6 is 0 Å². The molecule has 0 saturated carbocycles. The van der Waals surface area contributed by atoms with E-state index in [2.05, 4.69) is 65.8 Å². The highest BCUT2D eigenvalue weighted by atomic mass is 32.2. The van der Waals surface area contributed by atoms with Crippen LogP contribution < -0.4 is 10.2 Å². The first-order valence-corrected chi connectivity index (χ1v) is 8.78. The number of fused-ring (bicyclic) bond motifs is 3. The minimum Gasteiger partial charge on any atom is -0.340 e. The largest absolute Gasteiger partial charge is 0.522 e. The summed E-state index contributed by atoms with van der Waals surface area (Å²) >= 11 is 0. The van der Waals surface area contributed by atoms with Crippen LogP contribution in [0.5, 0.6) is 0 Å². The molecule has 25 heavy (non-hydrogen) atoms. The minimum atomic E-state index is -5.84. The molecule has 1 aromatic rings. The van der Waals surface area contributed by atoms with Crippen molar-refractivity contribution in [1.82, 2.24) is 0 Å². The summed E-state index contributed by atoms with van der Waals surface area (Å²) in [5.74, 6) is 2.26. The number of hydrogen-bond acceptors (Lipinski definition) is 4. The first-order chi connectivity index (χ1) is 11.6. The van der Waals surface area contributed by atoms with Gasteiger partial charge in [0.1, 0.15) is 5.82 Å². The van der Waals surface area contributed by atoms with Crippen molar-refractivity contribution in [2.24, 2.45) is 11.8 Å². The number of nitrogens with zero attached hydrogens (tertiary/aromatic N) is 1. The highest BCUT2D eigenvalue weighted by molar-refractivity contribution is 7.86. The monoisotopic (exact) mass is 372 g/mol. The standard InChI is InChI=1S/C15H14N2.CHF3O3S/c1-17-13-5-3-2-4-12(13)16-15(17)14-10-6-7-11(14)9-8-10;2-1(3,4)8(5,6)7/h2-11,16H,1H3;(H,5,6,7). The summed E-state index contributed by atoms with van der Waals surface area (Å²) < 4.78 is 57.5. The molecule has 0 radical (unpaired) electrons. The van der Waals surface area contributed by atoms with Crippen molar-refractivity contribution in [3.8, 4) is 0 Å². The lowest BCUT2D eigenvalue weighted by atomic mass is 10.0. The lowest BCUT2D eigenvalue weighted by Crippen LogP contribution is -2.21. The second kappa shape index (κ2) is 5.92. The molecule has 134 valence electrons. The van der Waals surface area contributed by atoms with Crippen molar-refractivity contribution in [2.75, 3.05) is 17.3 Å². The quantitative estimate of drug-likeness (QED) is 0.414. The van der Waals surface area contributed by atoms with Crippen LogP contribution in [0.3, 0.4) is 0 Å². The van der Waals surface area contributed by atoms with Gasteiger partial charge in [0, 0.05) is 18.9 Å². The van der Waals surface area contributed by atoms with Crippen LogP contribution in [0.2, 0.25) is 0 Å². The van der Waals surface area contributed by atoms with E-state index >= 15 is 0 Å². The van der Waals surface area contributed by atoms with Gasteiger partial charge < -0.3 is 10.2 Å². The van der Waals surface area contributed by atoms with Crippen molar-refractivity contribution in [1.29, 1.82) is 0 Å². The van der Waals surface area contributed by atoms with Gasteiger partial charge >= 0.3 is 15.6 Å². The molecule has 9 heteroatoms. The van der Waals surface area contributed by atoms with Gasteiger partial charge in [-0.15, -0.1) is 0 Å². The Hall–Kier alpha value is -2.26. The molecule has 1 aromatic carbocycles. The molecule has 1 aliphatic heterocycles. The van der Waals surface area contributed by atoms with Gasteiger partial charge in [0.05, 0.1) is 11.4 Å². The van der Waals surface area contributed by atoms with E-state index in [0.717, 1.165) is 0 Å². The maximum atomic E-state index is 10.7. The summed E-state index contributed by atoms with van der Waals surface area (Å²) in [6.07, 6.45) is 9.19. The van der Waals surface area contributed by atoms with Gasteiger partial charge in [-0.1, -0.05) is 36.4 Å². The lowest BCUT2D eigenvalue weighted by molar-refractivity contribution is -0.0510. The highest BCUT2D eigenvalue weighted by Crippen LogP contribution is 2.45. The Morgan fingerprint density at radius 3 is 2.00 bits per heavy atom. The van der Waals surface area contributed by atoms with Crippen LogP contribution in [-0.4, -0.2) is 25.5 Å². The number of nitrogens with one attached hydrogen (secondary N) is 1. The Kier molecular flexibility index (Phi) is 4.16. The highest BCUT2D eigenvalue weighted by Gasteiger charge is 2.44. The van der Waals surface area contributed by atoms with Crippen LogP contribution in [0.1, 0.15) is 0 Å². The normalized spacial score (nSPS) is 23.5. The van der Waals surface area contributed by atoms with Crippen LogP contribution in [0.25, 0.3) is 0 Å². The van der Waals surface area contributed by atoms with Crippen molar-refractivity contribution in [2.45, 2.75) is 5.51 Å². The van der Waals surface area contributed by atoms with Crippen LogP contribution in [0, 0.1) is 11.8 Å². The van der Waals surface area contributed by atoms with Crippen LogP contribution in [0.4, 0.5) is 24.5 Å². The molecule has 4 rings (SSSR count). The average Bonchev–Trinajstić information content (AvgIpc) is 3.19. The zero-order valence-electron chi connectivity index (χ0n) is 13.0. The van der Waals surface area contributed by atoms with E-state index in [1.165, 1.54) is 22.8 Å². The zero-order valence-corrected chi connectivity index (χ0v) is 13.8. The topological polar surface area (TPSA) is 69.6 Å². The van der Waals surface area contributed by atoms with E-state index in [-0.39, 0.29) is 0 Å². The lowest BCUT2D eigenvalue weighted by Gasteiger charge is -2.18. The Balaban J connectivity index is 0.000000197. The van der Waals surface area contributed by atoms with Crippen LogP contribution in [0.15, 0.2) is 60.0 Å². The van der Waals surface area contributed by atoms with Crippen molar-refractivity contribution >= 4 is 21.5 Å². The fourth-order valence-corrected chi connectivity index (χ4v) is 3.03. The van der Waals surface area contributed by atoms with E-state index in [1.807, 2.05) is 0 Å². The zero-order chi connectivity index (χ0) is 18.4. The Morgan fingerprint density at radius 2 is 1.56 bits per heavy atom. The first kappa shape index (κ1) is 17.6. The first-order valence-electron chi connectivity index (χ1n) is 7.34. The SMILES string of the molecule is CN1C(=C2C3C=CC2C=C3)Nc2ccccc21.O=S(=O)(O)C(F)(F)F. The number of hydrogen-bond donors (Lipinski definition) is 2. The maximum absolute atomic E-state index is 10.7. The number of para-hydroxylation sites is 2. The predicted octanol–water partition coefficient (Wildman–Crippen LogP) is 3.53. The van der Waals surface area contributed by atoms with Gasteiger partial charge in [0.2, 0.25) is 0 Å². The molecule has 2 bridgehead atoms. The van der Waals surface area contributed by atoms with E-state index < -0.39 is 15.6 Å².